The molecule has 0 aliphatic carbocycles. The predicted octanol–water partition coefficient (Wildman–Crippen LogP) is 3.78. The van der Waals surface area contributed by atoms with Crippen LogP contribution in [0.15, 0.2) is 10.4 Å². The first-order chi connectivity index (χ1) is 12.4. The van der Waals surface area contributed by atoms with E-state index in [0.29, 0.717) is 5.92 Å². The van der Waals surface area contributed by atoms with Crippen LogP contribution >= 0.6 is 11.3 Å². The van der Waals surface area contributed by atoms with Crippen molar-refractivity contribution in [1.29, 1.82) is 0 Å². The molecule has 1 aromatic heterocycles. The number of aliphatic imine (C=N–C) groups is 1. The maximum Gasteiger partial charge on any atom is 0.191 e. The van der Waals surface area contributed by atoms with Gasteiger partial charge >= 0.3 is 0 Å². The molecule has 1 aromatic rings. The summed E-state index contributed by atoms with van der Waals surface area (Å²) in [5.74, 6) is 1.42. The van der Waals surface area contributed by atoms with Gasteiger partial charge in [-0.3, -0.25) is 4.99 Å². The van der Waals surface area contributed by atoms with Crippen LogP contribution in [0.25, 0.3) is 0 Å². The molecule has 2 unspecified atom stereocenters. The van der Waals surface area contributed by atoms with Gasteiger partial charge in [0, 0.05) is 49.7 Å². The minimum atomic E-state index is 0.165. The highest BCUT2D eigenvalue weighted by Crippen LogP contribution is 2.34. The maximum absolute atomic E-state index is 6.08. The van der Waals surface area contributed by atoms with Gasteiger partial charge in [0.05, 0.1) is 11.1 Å². The normalized spacial score (nSPS) is 21.7. The van der Waals surface area contributed by atoms with Gasteiger partial charge in [0.2, 0.25) is 0 Å². The molecule has 1 saturated heterocycles. The molecule has 5 nitrogen and oxygen atoms in total. The number of rotatable bonds is 7. The molecule has 0 amide bonds. The summed E-state index contributed by atoms with van der Waals surface area (Å²) in [6.07, 6.45) is 4.72. The van der Waals surface area contributed by atoms with Crippen molar-refractivity contribution in [3.05, 3.63) is 16.1 Å². The van der Waals surface area contributed by atoms with Gasteiger partial charge in [0.25, 0.3) is 0 Å². The molecule has 0 spiro atoms. The maximum atomic E-state index is 6.08. The Kier molecular flexibility index (Phi) is 8.35. The molecule has 2 N–H and O–H groups in total. The third kappa shape index (κ3) is 6.88. The number of nitrogens with one attached hydrogen (secondary N) is 2. The monoisotopic (exact) mass is 380 g/mol. The number of nitrogens with zero attached hydrogens (tertiary/aromatic N) is 2. The first-order valence-electron chi connectivity index (χ1n) is 9.95. The Morgan fingerprint density at radius 2 is 2.19 bits per heavy atom. The zero-order chi connectivity index (χ0) is 19.0. The van der Waals surface area contributed by atoms with Crippen molar-refractivity contribution in [2.75, 3.05) is 26.2 Å². The van der Waals surface area contributed by atoms with E-state index >= 15 is 0 Å². The van der Waals surface area contributed by atoms with Crippen LogP contribution in [0.5, 0.6) is 0 Å². The lowest BCUT2D eigenvalue weighted by Crippen LogP contribution is -2.43. The van der Waals surface area contributed by atoms with Crippen molar-refractivity contribution in [3.63, 3.8) is 0 Å². The van der Waals surface area contributed by atoms with Gasteiger partial charge in [-0.1, -0.05) is 20.8 Å². The second-order valence-electron chi connectivity index (χ2n) is 8.19. The topological polar surface area (TPSA) is 58.5 Å². The molecule has 0 radical (unpaired) electrons. The van der Waals surface area contributed by atoms with Crippen LogP contribution in [0.1, 0.15) is 57.7 Å². The van der Waals surface area contributed by atoms with E-state index in [-0.39, 0.29) is 11.5 Å². The summed E-state index contributed by atoms with van der Waals surface area (Å²) >= 11 is 1.75. The predicted molar refractivity (Wildman–Crippen MR) is 111 cm³/mol. The second kappa shape index (κ2) is 10.3. The van der Waals surface area contributed by atoms with E-state index in [0.717, 1.165) is 57.2 Å². The van der Waals surface area contributed by atoms with E-state index in [9.17, 15) is 0 Å². The van der Waals surface area contributed by atoms with Gasteiger partial charge in [0.15, 0.2) is 5.96 Å². The van der Waals surface area contributed by atoms with Crippen molar-refractivity contribution >= 4 is 17.3 Å². The molecular weight excluding hydrogens is 344 g/mol. The Bertz CT molecular complexity index is 564. The van der Waals surface area contributed by atoms with Gasteiger partial charge in [-0.2, -0.15) is 0 Å². The van der Waals surface area contributed by atoms with Gasteiger partial charge in [-0.05, 0) is 38.5 Å². The minimum Gasteiger partial charge on any atom is -0.377 e. The molecule has 1 fully saturated rings. The highest BCUT2D eigenvalue weighted by Gasteiger charge is 2.35. The molecule has 1 aliphatic heterocycles. The van der Waals surface area contributed by atoms with Crippen LogP contribution in [-0.4, -0.2) is 43.3 Å². The van der Waals surface area contributed by atoms with Gasteiger partial charge in [0.1, 0.15) is 0 Å². The third-order valence-electron chi connectivity index (χ3n) is 4.65. The third-order valence-corrected chi connectivity index (χ3v) is 5.68. The SMILES string of the molecule is CCNC(=NCC1CCCOC1C(C)(C)C)NCCCc1nc(C)cs1. The molecule has 2 atom stereocenters. The van der Waals surface area contributed by atoms with Crippen molar-refractivity contribution in [3.8, 4) is 0 Å². The number of hydrogen-bond acceptors (Lipinski definition) is 4. The second-order valence-corrected chi connectivity index (χ2v) is 9.13. The highest BCUT2D eigenvalue weighted by molar-refractivity contribution is 7.09. The molecule has 1 aliphatic rings. The number of hydrogen-bond donors (Lipinski definition) is 2. The Hall–Kier alpha value is -1.14. The fraction of sp³-hybridized carbons (Fsp3) is 0.800. The Morgan fingerprint density at radius 3 is 2.85 bits per heavy atom. The number of ether oxygens (including phenoxy) is 1. The lowest BCUT2D eigenvalue weighted by atomic mass is 9.78. The molecule has 148 valence electrons. The Balaban J connectivity index is 1.82. The van der Waals surface area contributed by atoms with Crippen LogP contribution in [0, 0.1) is 18.3 Å². The number of guanidine groups is 1. The summed E-state index contributed by atoms with van der Waals surface area (Å²) in [4.78, 5) is 9.37. The molecule has 0 saturated carbocycles. The Labute approximate surface area is 163 Å². The van der Waals surface area contributed by atoms with Gasteiger partial charge in [-0.15, -0.1) is 11.3 Å². The van der Waals surface area contributed by atoms with Crippen LogP contribution in [0.2, 0.25) is 0 Å². The first kappa shape index (κ1) is 21.2. The molecule has 0 bridgehead atoms. The van der Waals surface area contributed by atoms with E-state index in [1.54, 1.807) is 11.3 Å². The van der Waals surface area contributed by atoms with E-state index in [4.69, 9.17) is 9.73 Å². The molecule has 6 heteroatoms. The molecule has 2 heterocycles. The van der Waals surface area contributed by atoms with E-state index in [1.807, 2.05) is 6.92 Å². The van der Waals surface area contributed by atoms with E-state index in [1.165, 1.54) is 11.4 Å². The van der Waals surface area contributed by atoms with Crippen LogP contribution in [-0.2, 0) is 11.2 Å². The van der Waals surface area contributed by atoms with Crippen LogP contribution < -0.4 is 10.6 Å². The summed E-state index contributed by atoms with van der Waals surface area (Å²) in [6, 6.07) is 0. The van der Waals surface area contributed by atoms with Crippen LogP contribution in [0.4, 0.5) is 0 Å². The van der Waals surface area contributed by atoms with Gasteiger partial charge < -0.3 is 15.4 Å². The van der Waals surface area contributed by atoms with Crippen molar-refractivity contribution in [1.82, 2.24) is 15.6 Å². The Morgan fingerprint density at radius 1 is 1.38 bits per heavy atom. The van der Waals surface area contributed by atoms with Crippen molar-refractivity contribution < 1.29 is 4.74 Å². The van der Waals surface area contributed by atoms with Crippen molar-refractivity contribution in [2.24, 2.45) is 16.3 Å². The summed E-state index contributed by atoms with van der Waals surface area (Å²) in [5, 5.41) is 10.2. The number of aromatic nitrogens is 1. The van der Waals surface area contributed by atoms with E-state index < -0.39 is 0 Å². The summed E-state index contributed by atoms with van der Waals surface area (Å²) in [6.45, 7) is 14.5. The first-order valence-corrected chi connectivity index (χ1v) is 10.8. The molecular formula is C20H36N4OS. The lowest BCUT2D eigenvalue weighted by molar-refractivity contribution is -0.0823. The summed E-state index contributed by atoms with van der Waals surface area (Å²) in [5.41, 5.74) is 1.29. The van der Waals surface area contributed by atoms with Crippen LogP contribution in [0.3, 0.4) is 0 Å². The average molecular weight is 381 g/mol. The minimum absolute atomic E-state index is 0.165. The quantitative estimate of drug-likeness (QED) is 0.429. The largest absolute Gasteiger partial charge is 0.377 e. The fourth-order valence-corrected chi connectivity index (χ4v) is 4.32. The molecule has 26 heavy (non-hydrogen) atoms. The number of thiazole rings is 1. The van der Waals surface area contributed by atoms with Crippen molar-refractivity contribution in [2.45, 2.75) is 66.4 Å². The zero-order valence-electron chi connectivity index (χ0n) is 17.1. The highest BCUT2D eigenvalue weighted by atomic mass is 32.1. The average Bonchev–Trinajstić information content (AvgIpc) is 3.01. The van der Waals surface area contributed by atoms with Gasteiger partial charge in [-0.25, -0.2) is 4.98 Å². The standard InChI is InChI=1S/C20H36N4OS/c1-6-21-19(22-11-7-10-17-24-15(2)14-26-17)23-13-16-9-8-12-25-18(16)20(3,4)5/h14,16,18H,6-13H2,1-5H3,(H2,21,22,23). The summed E-state index contributed by atoms with van der Waals surface area (Å²) in [7, 11) is 0. The lowest BCUT2D eigenvalue weighted by Gasteiger charge is -2.39. The zero-order valence-corrected chi connectivity index (χ0v) is 17.9. The smallest absolute Gasteiger partial charge is 0.191 e. The molecule has 2 rings (SSSR count). The number of aryl methyl sites for hydroxylation is 2. The summed E-state index contributed by atoms with van der Waals surface area (Å²) < 4.78 is 6.08. The fourth-order valence-electron chi connectivity index (χ4n) is 3.50. The molecule has 0 aromatic carbocycles. The van der Waals surface area contributed by atoms with E-state index in [2.05, 4.69) is 48.7 Å².